The van der Waals surface area contributed by atoms with Gasteiger partial charge in [0.15, 0.2) is 5.16 Å². The van der Waals surface area contributed by atoms with Crippen LogP contribution in [0, 0.1) is 5.41 Å². The number of rotatable bonds is 4. The van der Waals surface area contributed by atoms with E-state index in [9.17, 15) is 4.79 Å². The summed E-state index contributed by atoms with van der Waals surface area (Å²) in [6.45, 7) is 3.70. The maximum atomic E-state index is 11.4. The van der Waals surface area contributed by atoms with E-state index in [2.05, 4.69) is 10.2 Å². The number of carbonyl (C=O) groups is 1. The molecule has 0 unspecified atom stereocenters. The van der Waals surface area contributed by atoms with Gasteiger partial charge in [0.25, 0.3) is 0 Å². The van der Waals surface area contributed by atoms with E-state index in [0.29, 0.717) is 5.75 Å². The Labute approximate surface area is 93.2 Å². The Morgan fingerprint density at radius 3 is 2.80 bits per heavy atom. The van der Waals surface area contributed by atoms with Gasteiger partial charge in [-0.15, -0.1) is 10.2 Å². The van der Waals surface area contributed by atoms with Crippen LogP contribution in [0.4, 0.5) is 0 Å². The second kappa shape index (κ2) is 4.65. The molecule has 1 rings (SSSR count). The molecule has 15 heavy (non-hydrogen) atoms. The Morgan fingerprint density at radius 2 is 2.33 bits per heavy atom. The lowest BCUT2D eigenvalue weighted by atomic mass is 9.97. The van der Waals surface area contributed by atoms with Gasteiger partial charge in [-0.3, -0.25) is 4.79 Å². The summed E-state index contributed by atoms with van der Waals surface area (Å²) in [4.78, 5) is 11.4. The number of methoxy groups -OCH3 is 1. The minimum absolute atomic E-state index is 0.211. The Morgan fingerprint density at radius 1 is 1.67 bits per heavy atom. The second-order valence-corrected chi connectivity index (χ2v) is 4.83. The second-order valence-electron chi connectivity index (χ2n) is 3.89. The van der Waals surface area contributed by atoms with E-state index in [1.807, 2.05) is 25.5 Å². The fourth-order valence-corrected chi connectivity index (χ4v) is 1.95. The van der Waals surface area contributed by atoms with E-state index in [0.717, 1.165) is 5.16 Å². The minimum Gasteiger partial charge on any atom is -0.469 e. The number of aromatic nitrogens is 3. The van der Waals surface area contributed by atoms with Crippen molar-refractivity contribution in [1.29, 1.82) is 0 Å². The molecule has 0 spiro atoms. The molecule has 0 saturated heterocycles. The molecule has 0 aliphatic rings. The van der Waals surface area contributed by atoms with E-state index in [1.54, 1.807) is 6.33 Å². The Kier molecular flexibility index (Phi) is 3.73. The molecule has 0 saturated carbocycles. The van der Waals surface area contributed by atoms with Crippen molar-refractivity contribution < 1.29 is 9.53 Å². The van der Waals surface area contributed by atoms with Crippen LogP contribution in [0.25, 0.3) is 0 Å². The summed E-state index contributed by atoms with van der Waals surface area (Å²) >= 11 is 1.49. The maximum absolute atomic E-state index is 11.4. The van der Waals surface area contributed by atoms with Gasteiger partial charge in [0, 0.05) is 12.8 Å². The number of aryl methyl sites for hydroxylation is 1. The number of hydrogen-bond acceptors (Lipinski definition) is 5. The zero-order valence-electron chi connectivity index (χ0n) is 9.35. The summed E-state index contributed by atoms with van der Waals surface area (Å²) < 4.78 is 6.54. The van der Waals surface area contributed by atoms with Gasteiger partial charge in [-0.25, -0.2) is 0 Å². The molecule has 1 aromatic heterocycles. The third-order valence-electron chi connectivity index (χ3n) is 1.97. The van der Waals surface area contributed by atoms with Crippen LogP contribution in [-0.2, 0) is 16.6 Å². The van der Waals surface area contributed by atoms with Gasteiger partial charge in [0.05, 0.1) is 12.5 Å². The van der Waals surface area contributed by atoms with Crippen LogP contribution in [0.3, 0.4) is 0 Å². The standard InChI is InChI=1S/C9H15N3O2S/c1-9(2,7(13)14-4)5-15-8-11-10-6-12(8)3/h6H,5H2,1-4H3. The number of thioether (sulfide) groups is 1. The van der Waals surface area contributed by atoms with Crippen LogP contribution in [0.15, 0.2) is 11.5 Å². The van der Waals surface area contributed by atoms with Gasteiger partial charge in [-0.05, 0) is 13.8 Å². The van der Waals surface area contributed by atoms with Crippen molar-refractivity contribution in [2.75, 3.05) is 12.9 Å². The molecule has 0 fully saturated rings. The van der Waals surface area contributed by atoms with Crippen molar-refractivity contribution in [3.63, 3.8) is 0 Å². The van der Waals surface area contributed by atoms with Gasteiger partial charge < -0.3 is 9.30 Å². The van der Waals surface area contributed by atoms with Gasteiger partial charge in [0.1, 0.15) is 6.33 Å². The van der Waals surface area contributed by atoms with Crippen molar-refractivity contribution in [3.05, 3.63) is 6.33 Å². The summed E-state index contributed by atoms with van der Waals surface area (Å²) in [6, 6.07) is 0. The first-order valence-corrected chi connectivity index (χ1v) is 5.51. The molecule has 0 bridgehead atoms. The molecule has 0 atom stereocenters. The minimum atomic E-state index is -0.509. The molecular formula is C9H15N3O2S. The fraction of sp³-hybridized carbons (Fsp3) is 0.667. The van der Waals surface area contributed by atoms with E-state index in [4.69, 9.17) is 4.74 Å². The molecule has 0 aromatic carbocycles. The molecule has 1 heterocycles. The Hall–Kier alpha value is -1.04. The zero-order valence-corrected chi connectivity index (χ0v) is 10.2. The molecule has 84 valence electrons. The van der Waals surface area contributed by atoms with Crippen molar-refractivity contribution in [3.8, 4) is 0 Å². The molecule has 0 aliphatic heterocycles. The van der Waals surface area contributed by atoms with E-state index >= 15 is 0 Å². The van der Waals surface area contributed by atoms with Crippen LogP contribution in [0.2, 0.25) is 0 Å². The molecule has 0 N–H and O–H groups in total. The van der Waals surface area contributed by atoms with Crippen molar-refractivity contribution in [2.24, 2.45) is 12.5 Å². The summed E-state index contributed by atoms with van der Waals surface area (Å²) in [5, 5.41) is 8.49. The smallest absolute Gasteiger partial charge is 0.312 e. The highest BCUT2D eigenvalue weighted by molar-refractivity contribution is 7.99. The predicted molar refractivity (Wildman–Crippen MR) is 57.5 cm³/mol. The number of hydrogen-bond donors (Lipinski definition) is 0. The van der Waals surface area contributed by atoms with Gasteiger partial charge >= 0.3 is 5.97 Å². The van der Waals surface area contributed by atoms with Crippen LogP contribution >= 0.6 is 11.8 Å². The number of esters is 1. The Bertz CT molecular complexity index is 349. The largest absolute Gasteiger partial charge is 0.469 e. The fourth-order valence-electron chi connectivity index (χ4n) is 0.983. The van der Waals surface area contributed by atoms with E-state index in [-0.39, 0.29) is 5.97 Å². The van der Waals surface area contributed by atoms with Gasteiger partial charge in [0.2, 0.25) is 0 Å². The highest BCUT2D eigenvalue weighted by atomic mass is 32.2. The van der Waals surface area contributed by atoms with Crippen molar-refractivity contribution in [2.45, 2.75) is 19.0 Å². The summed E-state index contributed by atoms with van der Waals surface area (Å²) in [7, 11) is 3.27. The summed E-state index contributed by atoms with van der Waals surface area (Å²) in [5.74, 6) is 0.406. The Balaban J connectivity index is 2.57. The molecule has 1 aromatic rings. The topological polar surface area (TPSA) is 57.0 Å². The third kappa shape index (κ3) is 2.95. The first-order chi connectivity index (χ1) is 6.97. The normalized spacial score (nSPS) is 11.5. The molecule has 5 nitrogen and oxygen atoms in total. The van der Waals surface area contributed by atoms with Crippen LogP contribution < -0.4 is 0 Å². The van der Waals surface area contributed by atoms with Crippen molar-refractivity contribution >= 4 is 17.7 Å². The third-order valence-corrected chi connectivity index (χ3v) is 3.46. The van der Waals surface area contributed by atoms with Crippen LogP contribution in [0.1, 0.15) is 13.8 Å². The SMILES string of the molecule is COC(=O)C(C)(C)CSc1nncn1C. The average molecular weight is 229 g/mol. The van der Waals surface area contributed by atoms with E-state index < -0.39 is 5.41 Å². The predicted octanol–water partition coefficient (Wildman–Crippen LogP) is 1.11. The maximum Gasteiger partial charge on any atom is 0.312 e. The summed E-state index contributed by atoms with van der Waals surface area (Å²) in [6.07, 6.45) is 1.63. The first-order valence-electron chi connectivity index (χ1n) is 4.52. The monoisotopic (exact) mass is 229 g/mol. The zero-order chi connectivity index (χ0) is 11.5. The van der Waals surface area contributed by atoms with Gasteiger partial charge in [-0.1, -0.05) is 11.8 Å². The first kappa shape index (κ1) is 12.0. The number of nitrogens with zero attached hydrogens (tertiary/aromatic N) is 3. The molecule has 0 aliphatic carbocycles. The molecule has 0 radical (unpaired) electrons. The molecule has 0 amide bonds. The highest BCUT2D eigenvalue weighted by Gasteiger charge is 2.29. The highest BCUT2D eigenvalue weighted by Crippen LogP contribution is 2.26. The van der Waals surface area contributed by atoms with E-state index in [1.165, 1.54) is 18.9 Å². The van der Waals surface area contributed by atoms with Gasteiger partial charge in [-0.2, -0.15) is 0 Å². The number of ether oxygens (including phenoxy) is 1. The van der Waals surface area contributed by atoms with Crippen LogP contribution in [0.5, 0.6) is 0 Å². The van der Waals surface area contributed by atoms with Crippen LogP contribution in [-0.4, -0.2) is 33.6 Å². The lowest BCUT2D eigenvalue weighted by molar-refractivity contribution is -0.149. The quantitative estimate of drug-likeness (QED) is 0.571. The lowest BCUT2D eigenvalue weighted by Crippen LogP contribution is -2.28. The molecular weight excluding hydrogens is 214 g/mol. The lowest BCUT2D eigenvalue weighted by Gasteiger charge is -2.20. The van der Waals surface area contributed by atoms with Crippen molar-refractivity contribution in [1.82, 2.24) is 14.8 Å². The average Bonchev–Trinajstić information content (AvgIpc) is 2.60. The molecule has 6 heteroatoms. The number of carbonyl (C=O) groups excluding carboxylic acids is 1. The summed E-state index contributed by atoms with van der Waals surface area (Å²) in [5.41, 5.74) is -0.509.